The zero-order chi connectivity index (χ0) is 17.2. The lowest BCUT2D eigenvalue weighted by molar-refractivity contribution is -0.116. The summed E-state index contributed by atoms with van der Waals surface area (Å²) >= 11 is 1.39. The van der Waals surface area contributed by atoms with Gasteiger partial charge in [-0.3, -0.25) is 14.9 Å². The molecule has 0 spiro atoms. The summed E-state index contributed by atoms with van der Waals surface area (Å²) in [6.45, 7) is 0. The summed E-state index contributed by atoms with van der Waals surface area (Å²) in [5, 5.41) is 8.19. The van der Waals surface area contributed by atoms with Gasteiger partial charge in [-0.15, -0.1) is 11.3 Å². The maximum atomic E-state index is 12.2. The first-order valence-corrected chi connectivity index (χ1v) is 8.82. The molecule has 2 aromatic carbocycles. The number of hydrogen-bond donors (Lipinski definition) is 2. The van der Waals surface area contributed by atoms with E-state index < -0.39 is 0 Å². The van der Waals surface area contributed by atoms with E-state index in [0.717, 1.165) is 28.9 Å². The fourth-order valence-electron chi connectivity index (χ4n) is 2.77. The quantitative estimate of drug-likeness (QED) is 0.752. The van der Waals surface area contributed by atoms with Crippen LogP contribution in [-0.2, 0) is 11.2 Å². The number of carbonyl (C=O) groups excluding carboxylic acids is 2. The minimum absolute atomic E-state index is 0.0554. The first kappa shape index (κ1) is 15.5. The number of hydrogen-bond acceptors (Lipinski definition) is 4. The van der Waals surface area contributed by atoms with Gasteiger partial charge in [-0.05, 0) is 36.2 Å². The number of benzene rings is 2. The van der Waals surface area contributed by atoms with E-state index in [9.17, 15) is 9.59 Å². The molecule has 0 atom stereocenters. The fourth-order valence-corrected chi connectivity index (χ4v) is 3.48. The number of aromatic nitrogens is 1. The Bertz CT molecular complexity index is 950. The van der Waals surface area contributed by atoms with Crippen LogP contribution >= 0.6 is 11.3 Å². The third-order valence-electron chi connectivity index (χ3n) is 4.06. The van der Waals surface area contributed by atoms with Gasteiger partial charge in [-0.25, -0.2) is 4.98 Å². The molecule has 3 aromatic rings. The molecule has 25 heavy (non-hydrogen) atoms. The highest BCUT2D eigenvalue weighted by Gasteiger charge is 2.16. The Balaban J connectivity index is 1.53. The van der Waals surface area contributed by atoms with Gasteiger partial charge in [0.05, 0.1) is 5.69 Å². The van der Waals surface area contributed by atoms with Crippen LogP contribution in [0, 0.1) is 0 Å². The molecule has 4 rings (SSSR count). The predicted octanol–water partition coefficient (Wildman–Crippen LogP) is 3.95. The van der Waals surface area contributed by atoms with Crippen molar-refractivity contribution < 1.29 is 9.59 Å². The van der Waals surface area contributed by atoms with Crippen molar-refractivity contribution in [2.45, 2.75) is 12.8 Å². The van der Waals surface area contributed by atoms with Gasteiger partial charge in [0.15, 0.2) is 5.13 Å². The maximum absolute atomic E-state index is 12.2. The van der Waals surface area contributed by atoms with Crippen LogP contribution in [0.25, 0.3) is 11.3 Å². The summed E-state index contributed by atoms with van der Waals surface area (Å²) in [4.78, 5) is 28.1. The molecule has 0 saturated heterocycles. The third kappa shape index (κ3) is 3.29. The van der Waals surface area contributed by atoms with E-state index in [1.165, 1.54) is 11.3 Å². The third-order valence-corrected chi connectivity index (χ3v) is 4.81. The monoisotopic (exact) mass is 349 g/mol. The summed E-state index contributed by atoms with van der Waals surface area (Å²) < 4.78 is 0. The molecule has 0 unspecified atom stereocenters. The van der Waals surface area contributed by atoms with Gasteiger partial charge in [0.25, 0.3) is 5.91 Å². The second kappa shape index (κ2) is 6.49. The minimum Gasteiger partial charge on any atom is -0.326 e. The van der Waals surface area contributed by atoms with E-state index in [2.05, 4.69) is 15.6 Å². The van der Waals surface area contributed by atoms with Gasteiger partial charge < -0.3 is 5.32 Å². The lowest BCUT2D eigenvalue weighted by atomic mass is 9.99. The molecule has 0 fully saturated rings. The molecule has 2 amide bonds. The number of nitrogens with one attached hydrogen (secondary N) is 2. The smallest absolute Gasteiger partial charge is 0.257 e. The van der Waals surface area contributed by atoms with Crippen LogP contribution in [0.3, 0.4) is 0 Å². The number of fused-ring (bicyclic) bond motifs is 1. The minimum atomic E-state index is -0.172. The Kier molecular flexibility index (Phi) is 4.03. The topological polar surface area (TPSA) is 71.1 Å². The van der Waals surface area contributed by atoms with Crippen molar-refractivity contribution in [1.82, 2.24) is 4.98 Å². The van der Waals surface area contributed by atoms with Crippen LogP contribution in [0.2, 0.25) is 0 Å². The Labute approximate surface area is 148 Å². The molecule has 1 aliphatic rings. The van der Waals surface area contributed by atoms with Crippen LogP contribution in [0.4, 0.5) is 10.8 Å². The summed E-state index contributed by atoms with van der Waals surface area (Å²) in [5.74, 6) is -0.116. The highest BCUT2D eigenvalue weighted by Crippen LogP contribution is 2.30. The SMILES string of the molecule is O=C1CCc2cc(-c3csc(NC(=O)c4ccccc4)n3)ccc2N1. The Morgan fingerprint density at radius 2 is 1.96 bits per heavy atom. The van der Waals surface area contributed by atoms with Crippen molar-refractivity contribution in [1.29, 1.82) is 0 Å². The van der Waals surface area contributed by atoms with Crippen LogP contribution in [0.1, 0.15) is 22.3 Å². The van der Waals surface area contributed by atoms with Crippen LogP contribution in [0.5, 0.6) is 0 Å². The number of anilines is 2. The lowest BCUT2D eigenvalue weighted by Gasteiger charge is -2.17. The van der Waals surface area contributed by atoms with E-state index >= 15 is 0 Å². The second-order valence-corrected chi connectivity index (χ2v) is 6.64. The van der Waals surface area contributed by atoms with Crippen LogP contribution < -0.4 is 10.6 Å². The molecule has 1 aliphatic heterocycles. The van der Waals surface area contributed by atoms with Gasteiger partial charge in [0, 0.05) is 28.6 Å². The van der Waals surface area contributed by atoms with Gasteiger partial charge in [0.1, 0.15) is 0 Å². The van der Waals surface area contributed by atoms with Crippen LogP contribution in [-0.4, -0.2) is 16.8 Å². The number of aryl methyl sites for hydroxylation is 1. The number of nitrogens with zero attached hydrogens (tertiary/aromatic N) is 1. The van der Waals surface area contributed by atoms with E-state index in [4.69, 9.17) is 0 Å². The highest BCUT2D eigenvalue weighted by atomic mass is 32.1. The standard InChI is InChI=1S/C19H15N3O2S/c23-17-9-7-13-10-14(6-8-15(13)20-17)16-11-25-19(21-16)22-18(24)12-4-2-1-3-5-12/h1-6,8,10-11H,7,9H2,(H,20,23)(H,21,22,24). The maximum Gasteiger partial charge on any atom is 0.257 e. The number of amides is 2. The first-order chi connectivity index (χ1) is 12.2. The highest BCUT2D eigenvalue weighted by molar-refractivity contribution is 7.14. The Morgan fingerprint density at radius 1 is 1.12 bits per heavy atom. The van der Waals surface area contributed by atoms with Crippen molar-refractivity contribution in [3.8, 4) is 11.3 Å². The molecule has 0 saturated carbocycles. The summed E-state index contributed by atoms with van der Waals surface area (Å²) in [5.41, 5.74) is 4.37. The molecular formula is C19H15N3O2S. The summed E-state index contributed by atoms with van der Waals surface area (Å²) in [6.07, 6.45) is 1.24. The van der Waals surface area contributed by atoms with Gasteiger partial charge >= 0.3 is 0 Å². The molecule has 0 aliphatic carbocycles. The largest absolute Gasteiger partial charge is 0.326 e. The van der Waals surface area contributed by atoms with Gasteiger partial charge in [0.2, 0.25) is 5.91 Å². The molecule has 1 aromatic heterocycles. The Hall–Kier alpha value is -2.99. The van der Waals surface area contributed by atoms with E-state index in [0.29, 0.717) is 17.1 Å². The molecule has 2 N–H and O–H groups in total. The van der Waals surface area contributed by atoms with Crippen molar-refractivity contribution in [2.75, 3.05) is 10.6 Å². The fraction of sp³-hybridized carbons (Fsp3) is 0.105. The lowest BCUT2D eigenvalue weighted by Crippen LogP contribution is -2.18. The molecule has 0 radical (unpaired) electrons. The zero-order valence-corrected chi connectivity index (χ0v) is 14.1. The predicted molar refractivity (Wildman–Crippen MR) is 98.9 cm³/mol. The van der Waals surface area contributed by atoms with Crippen molar-refractivity contribution in [3.05, 3.63) is 65.0 Å². The van der Waals surface area contributed by atoms with Crippen molar-refractivity contribution >= 4 is 34.0 Å². The van der Waals surface area contributed by atoms with Crippen molar-refractivity contribution in [3.63, 3.8) is 0 Å². The van der Waals surface area contributed by atoms with E-state index in [1.54, 1.807) is 12.1 Å². The average Bonchev–Trinajstić information content (AvgIpc) is 3.10. The van der Waals surface area contributed by atoms with Gasteiger partial charge in [-0.1, -0.05) is 24.3 Å². The number of carbonyl (C=O) groups is 2. The van der Waals surface area contributed by atoms with Crippen molar-refractivity contribution in [2.24, 2.45) is 0 Å². The summed E-state index contributed by atoms with van der Waals surface area (Å²) in [7, 11) is 0. The molecule has 5 nitrogen and oxygen atoms in total. The first-order valence-electron chi connectivity index (χ1n) is 7.94. The van der Waals surface area contributed by atoms with Gasteiger partial charge in [-0.2, -0.15) is 0 Å². The number of rotatable bonds is 3. The van der Waals surface area contributed by atoms with Crippen LogP contribution in [0.15, 0.2) is 53.9 Å². The normalized spacial score (nSPS) is 13.0. The zero-order valence-electron chi connectivity index (χ0n) is 13.3. The molecule has 2 heterocycles. The summed E-state index contributed by atoms with van der Waals surface area (Å²) in [6, 6.07) is 14.9. The van der Waals surface area contributed by atoms with E-state index in [1.807, 2.05) is 41.8 Å². The average molecular weight is 349 g/mol. The second-order valence-electron chi connectivity index (χ2n) is 5.78. The molecular weight excluding hydrogens is 334 g/mol. The Morgan fingerprint density at radius 3 is 2.80 bits per heavy atom. The molecule has 6 heteroatoms. The molecule has 0 bridgehead atoms. The van der Waals surface area contributed by atoms with E-state index in [-0.39, 0.29) is 11.8 Å². The molecule has 124 valence electrons. The number of thiazole rings is 1.